The Morgan fingerprint density at radius 3 is 2.33 bits per heavy atom. The fraction of sp³-hybridized carbons (Fsp3) is 0.222. The molecule has 0 spiro atoms. The van der Waals surface area contributed by atoms with Crippen molar-refractivity contribution in [3.05, 3.63) is 97.3 Å². The summed E-state index contributed by atoms with van der Waals surface area (Å²) in [6, 6.07) is 14.0. The van der Waals surface area contributed by atoms with Crippen molar-refractivity contribution in [3.63, 3.8) is 0 Å². The zero-order chi connectivity index (χ0) is 26.2. The largest absolute Gasteiger partial charge is 0.461 e. The summed E-state index contributed by atoms with van der Waals surface area (Å²) < 4.78 is 10.8. The number of halogens is 3. The van der Waals surface area contributed by atoms with Crippen LogP contribution in [0.4, 0.5) is 0 Å². The molecule has 0 radical (unpaired) electrons. The van der Waals surface area contributed by atoms with Crippen LogP contribution in [0.5, 0.6) is 0 Å². The molecule has 36 heavy (non-hydrogen) atoms. The third-order valence-corrected chi connectivity index (χ3v) is 6.37. The van der Waals surface area contributed by atoms with Gasteiger partial charge in [-0.2, -0.15) is 5.26 Å². The summed E-state index contributed by atoms with van der Waals surface area (Å²) in [5.41, 5.74) is 3.03. The van der Waals surface area contributed by atoms with E-state index in [0.717, 1.165) is 5.56 Å². The quantitative estimate of drug-likeness (QED) is 0.297. The zero-order valence-electron chi connectivity index (χ0n) is 19.6. The third kappa shape index (κ3) is 6.70. The first-order chi connectivity index (χ1) is 17.2. The Hall–Kier alpha value is -3.24. The number of esters is 2. The summed E-state index contributed by atoms with van der Waals surface area (Å²) in [4.78, 5) is 26.3. The Bertz CT molecular complexity index is 1310. The maximum Gasteiger partial charge on any atom is 0.337 e. The first-order valence-corrected chi connectivity index (χ1v) is 12.1. The Morgan fingerprint density at radius 2 is 1.69 bits per heavy atom. The summed E-state index contributed by atoms with van der Waals surface area (Å²) in [5, 5.41) is 13.2. The number of nitrogens with zero attached hydrogens (tertiary/aromatic N) is 1. The maximum absolute atomic E-state index is 13.3. The van der Waals surface area contributed by atoms with Gasteiger partial charge in [0.05, 0.1) is 39.6 Å². The minimum atomic E-state index is -0.772. The molecular formula is C27H23Cl3N2O4. The number of dihydropyridines is 1. The van der Waals surface area contributed by atoms with Crippen LogP contribution in [-0.2, 0) is 19.1 Å². The van der Waals surface area contributed by atoms with E-state index < -0.39 is 17.9 Å². The van der Waals surface area contributed by atoms with Crippen molar-refractivity contribution in [2.24, 2.45) is 0 Å². The molecule has 0 bridgehead atoms. The number of rotatable bonds is 8. The third-order valence-electron chi connectivity index (χ3n) is 5.39. The second-order valence-electron chi connectivity index (χ2n) is 7.91. The van der Waals surface area contributed by atoms with Crippen LogP contribution in [-0.4, -0.2) is 25.2 Å². The van der Waals surface area contributed by atoms with E-state index in [1.807, 2.05) is 6.07 Å². The molecule has 0 saturated heterocycles. The second-order valence-corrected chi connectivity index (χ2v) is 9.16. The van der Waals surface area contributed by atoms with Gasteiger partial charge in [0, 0.05) is 16.4 Å². The Morgan fingerprint density at radius 1 is 1.00 bits per heavy atom. The monoisotopic (exact) mass is 544 g/mol. The molecule has 0 amide bonds. The highest BCUT2D eigenvalue weighted by molar-refractivity contribution is 6.42. The van der Waals surface area contributed by atoms with E-state index in [9.17, 15) is 9.59 Å². The molecule has 0 fully saturated rings. The maximum atomic E-state index is 13.3. The van der Waals surface area contributed by atoms with Crippen LogP contribution in [0.2, 0.25) is 15.1 Å². The number of ether oxygens (including phenoxy) is 2. The number of carbonyl (C=O) groups is 2. The van der Waals surface area contributed by atoms with Crippen LogP contribution in [0.25, 0.3) is 6.08 Å². The van der Waals surface area contributed by atoms with Crippen molar-refractivity contribution < 1.29 is 19.1 Å². The minimum absolute atomic E-state index is 0.0111. The second kappa shape index (κ2) is 12.6. The first kappa shape index (κ1) is 27.3. The summed E-state index contributed by atoms with van der Waals surface area (Å²) in [5.74, 6) is -2.00. The van der Waals surface area contributed by atoms with Crippen LogP contribution in [0.3, 0.4) is 0 Å². The lowest BCUT2D eigenvalue weighted by molar-refractivity contribution is -0.139. The normalized spacial score (nSPS) is 15.5. The highest BCUT2D eigenvalue weighted by atomic mass is 35.5. The molecule has 0 saturated carbocycles. The average molecular weight is 546 g/mol. The summed E-state index contributed by atoms with van der Waals surface area (Å²) in [6.45, 7) is 3.39. The van der Waals surface area contributed by atoms with Gasteiger partial charge in [0.1, 0.15) is 13.2 Å². The van der Waals surface area contributed by atoms with Crippen molar-refractivity contribution in [1.82, 2.24) is 5.32 Å². The Labute approximate surface area is 224 Å². The molecule has 2 aromatic carbocycles. The summed E-state index contributed by atoms with van der Waals surface area (Å²) in [7, 11) is 0. The van der Waals surface area contributed by atoms with Crippen LogP contribution in [0, 0.1) is 11.3 Å². The molecule has 1 atom stereocenters. The smallest absolute Gasteiger partial charge is 0.337 e. The van der Waals surface area contributed by atoms with Gasteiger partial charge in [-0.15, -0.1) is 0 Å². The molecule has 0 aromatic heterocycles. The van der Waals surface area contributed by atoms with Crippen LogP contribution < -0.4 is 5.32 Å². The predicted octanol–water partition coefficient (Wildman–Crippen LogP) is 6.60. The lowest BCUT2D eigenvalue weighted by atomic mass is 9.80. The van der Waals surface area contributed by atoms with Crippen LogP contribution >= 0.6 is 34.8 Å². The van der Waals surface area contributed by atoms with Crippen molar-refractivity contribution in [3.8, 4) is 6.07 Å². The molecule has 1 heterocycles. The lowest BCUT2D eigenvalue weighted by Gasteiger charge is -2.30. The van der Waals surface area contributed by atoms with Gasteiger partial charge in [0.15, 0.2) is 0 Å². The molecule has 186 valence electrons. The van der Waals surface area contributed by atoms with E-state index in [0.29, 0.717) is 32.0 Å². The first-order valence-electron chi connectivity index (χ1n) is 11.0. The fourth-order valence-corrected chi connectivity index (χ4v) is 4.33. The van der Waals surface area contributed by atoms with Gasteiger partial charge in [-0.25, -0.2) is 9.59 Å². The van der Waals surface area contributed by atoms with E-state index in [1.54, 1.807) is 68.5 Å². The van der Waals surface area contributed by atoms with Gasteiger partial charge in [-0.1, -0.05) is 59.1 Å². The van der Waals surface area contributed by atoms with Gasteiger partial charge in [0.25, 0.3) is 0 Å². The van der Waals surface area contributed by atoms with E-state index >= 15 is 0 Å². The molecular weight excluding hydrogens is 523 g/mol. The standard InChI is InChI=1S/C27H23Cl3N2O4/c1-16-23(26(33)35-12-4-6-18-9-10-21(29)22(30)14-18)25(19-7-3-8-20(28)15-19)24(17(2)32-16)27(34)36-13-5-11-31/h3-4,6-10,14-15,25,32H,5,12-13H2,1-2H3. The van der Waals surface area contributed by atoms with Crippen molar-refractivity contribution in [1.29, 1.82) is 5.26 Å². The average Bonchev–Trinajstić information content (AvgIpc) is 2.83. The number of hydrogen-bond acceptors (Lipinski definition) is 6. The van der Waals surface area contributed by atoms with Gasteiger partial charge in [-0.3, -0.25) is 0 Å². The minimum Gasteiger partial charge on any atom is -0.461 e. The highest BCUT2D eigenvalue weighted by Crippen LogP contribution is 2.40. The number of hydrogen-bond donors (Lipinski definition) is 1. The molecule has 1 aliphatic rings. The van der Waals surface area contributed by atoms with Crippen molar-refractivity contribution in [2.45, 2.75) is 26.2 Å². The lowest BCUT2D eigenvalue weighted by Crippen LogP contribution is -2.32. The van der Waals surface area contributed by atoms with E-state index in [2.05, 4.69) is 5.32 Å². The molecule has 1 unspecified atom stereocenters. The van der Waals surface area contributed by atoms with Gasteiger partial charge < -0.3 is 14.8 Å². The molecule has 6 nitrogen and oxygen atoms in total. The number of nitrogens with one attached hydrogen (secondary N) is 1. The van der Waals surface area contributed by atoms with Crippen LogP contribution in [0.15, 0.2) is 71.1 Å². The highest BCUT2D eigenvalue weighted by Gasteiger charge is 2.38. The number of allylic oxidation sites excluding steroid dienone is 2. The SMILES string of the molecule is CC1=C(C(=O)OCC=Cc2ccc(Cl)c(Cl)c2)C(c2cccc(Cl)c2)C(C(=O)OCCC#N)=C(C)N1. The number of carbonyl (C=O) groups excluding carboxylic acids is 2. The van der Waals surface area contributed by atoms with Gasteiger partial charge in [0.2, 0.25) is 0 Å². The van der Waals surface area contributed by atoms with E-state index in [-0.39, 0.29) is 30.8 Å². The summed E-state index contributed by atoms with van der Waals surface area (Å²) in [6.07, 6.45) is 3.49. The van der Waals surface area contributed by atoms with Gasteiger partial charge in [-0.05, 0) is 55.3 Å². The molecule has 2 aromatic rings. The molecule has 1 N–H and O–H groups in total. The number of nitriles is 1. The van der Waals surface area contributed by atoms with Crippen LogP contribution in [0.1, 0.15) is 37.3 Å². The Balaban J connectivity index is 1.87. The van der Waals surface area contributed by atoms with Gasteiger partial charge >= 0.3 is 11.9 Å². The molecule has 1 aliphatic heterocycles. The molecule has 3 rings (SSSR count). The van der Waals surface area contributed by atoms with E-state index in [4.69, 9.17) is 49.5 Å². The number of benzene rings is 2. The fourth-order valence-electron chi connectivity index (χ4n) is 3.82. The van der Waals surface area contributed by atoms with Crippen molar-refractivity contribution >= 4 is 52.8 Å². The van der Waals surface area contributed by atoms with Crippen molar-refractivity contribution in [2.75, 3.05) is 13.2 Å². The Kier molecular flexibility index (Phi) is 9.60. The topological polar surface area (TPSA) is 88.4 Å². The molecule has 9 heteroatoms. The molecule has 0 aliphatic carbocycles. The zero-order valence-corrected chi connectivity index (χ0v) is 21.9. The van der Waals surface area contributed by atoms with E-state index in [1.165, 1.54) is 0 Å². The predicted molar refractivity (Wildman–Crippen MR) is 140 cm³/mol. The summed E-state index contributed by atoms with van der Waals surface area (Å²) >= 11 is 18.2.